The van der Waals surface area contributed by atoms with E-state index in [-0.39, 0.29) is 17.4 Å². The van der Waals surface area contributed by atoms with Crippen molar-refractivity contribution in [3.8, 4) is 5.75 Å². The van der Waals surface area contributed by atoms with E-state index in [2.05, 4.69) is 53.3 Å². The van der Waals surface area contributed by atoms with Crippen molar-refractivity contribution in [3.63, 3.8) is 0 Å². The minimum Gasteiger partial charge on any atom is -0.497 e. The number of amides is 1. The first-order valence-electron chi connectivity index (χ1n) is 8.88. The Morgan fingerprint density at radius 3 is 2.65 bits per heavy atom. The molecule has 2 aromatic rings. The lowest BCUT2D eigenvalue weighted by Crippen LogP contribution is -2.32. The van der Waals surface area contributed by atoms with Crippen LogP contribution in [0.3, 0.4) is 0 Å². The molecule has 0 saturated carbocycles. The zero-order valence-corrected chi connectivity index (χ0v) is 16.6. The normalized spacial score (nSPS) is 18.1. The van der Waals surface area contributed by atoms with E-state index in [0.29, 0.717) is 11.7 Å². The number of nitrogens with one attached hydrogen (secondary N) is 1. The molecular weight excluding hydrogens is 348 g/mol. The lowest BCUT2D eigenvalue weighted by atomic mass is 9.98. The van der Waals surface area contributed by atoms with Gasteiger partial charge in [0.25, 0.3) is 0 Å². The van der Waals surface area contributed by atoms with Crippen molar-refractivity contribution < 1.29 is 9.53 Å². The number of nitrogens with zero attached hydrogens (tertiary/aromatic N) is 3. The van der Waals surface area contributed by atoms with Crippen molar-refractivity contribution in [2.24, 2.45) is 0 Å². The molecule has 0 aliphatic carbocycles. The van der Waals surface area contributed by atoms with Crippen LogP contribution >= 0.6 is 11.3 Å². The van der Waals surface area contributed by atoms with Gasteiger partial charge in [-0.15, -0.1) is 10.2 Å². The van der Waals surface area contributed by atoms with Crippen molar-refractivity contribution in [1.82, 2.24) is 15.1 Å². The Balaban J connectivity index is 1.61. The number of likely N-dealkylation sites (tertiary alicyclic amines) is 1. The van der Waals surface area contributed by atoms with Crippen LogP contribution in [-0.2, 0) is 10.2 Å². The molecule has 0 bridgehead atoms. The molecule has 1 aliphatic heterocycles. The molecule has 140 valence electrons. The van der Waals surface area contributed by atoms with Gasteiger partial charge in [0.2, 0.25) is 11.0 Å². The molecule has 1 aliphatic rings. The molecule has 1 saturated heterocycles. The molecule has 2 heterocycles. The predicted octanol–water partition coefficient (Wildman–Crippen LogP) is 3.62. The first-order chi connectivity index (χ1) is 12.4. The van der Waals surface area contributed by atoms with E-state index in [0.717, 1.165) is 30.1 Å². The fraction of sp³-hybridized carbons (Fsp3) is 0.526. The summed E-state index contributed by atoms with van der Waals surface area (Å²) in [6.07, 6.45) is 2.16. The standard InChI is InChI=1S/C19H26N4O2S/c1-19(2,3)17-21-22-18(26-17)20-16(24)12-23-11-5-6-15(23)13-7-9-14(25-4)10-8-13/h7-10,15H,5-6,11-12H2,1-4H3,(H,20,22,24). The molecular formula is C19H26N4O2S. The Hall–Kier alpha value is -1.99. The van der Waals surface area contributed by atoms with Crippen molar-refractivity contribution >= 4 is 22.4 Å². The zero-order valence-electron chi connectivity index (χ0n) is 15.8. The van der Waals surface area contributed by atoms with Crippen LogP contribution in [0.2, 0.25) is 0 Å². The van der Waals surface area contributed by atoms with Crippen molar-refractivity contribution in [2.75, 3.05) is 25.5 Å². The molecule has 1 fully saturated rings. The molecule has 7 heteroatoms. The average Bonchev–Trinajstić information content (AvgIpc) is 3.24. The van der Waals surface area contributed by atoms with E-state index in [1.165, 1.54) is 16.9 Å². The van der Waals surface area contributed by atoms with Crippen LogP contribution in [-0.4, -0.2) is 41.2 Å². The number of anilines is 1. The van der Waals surface area contributed by atoms with Crippen LogP contribution in [0.1, 0.15) is 50.2 Å². The third kappa shape index (κ3) is 4.40. The van der Waals surface area contributed by atoms with Crippen LogP contribution in [0.15, 0.2) is 24.3 Å². The van der Waals surface area contributed by atoms with Gasteiger partial charge in [0.15, 0.2) is 0 Å². The van der Waals surface area contributed by atoms with Crippen molar-refractivity contribution in [1.29, 1.82) is 0 Å². The molecule has 1 atom stereocenters. The summed E-state index contributed by atoms with van der Waals surface area (Å²) in [6, 6.07) is 8.38. The number of aromatic nitrogens is 2. The lowest BCUT2D eigenvalue weighted by molar-refractivity contribution is -0.117. The van der Waals surface area contributed by atoms with E-state index in [1.54, 1.807) is 7.11 Å². The largest absolute Gasteiger partial charge is 0.497 e. The minimum atomic E-state index is -0.0605. The third-order valence-corrected chi connectivity index (χ3v) is 5.79. The topological polar surface area (TPSA) is 67.3 Å². The van der Waals surface area contributed by atoms with Gasteiger partial charge >= 0.3 is 0 Å². The predicted molar refractivity (Wildman–Crippen MR) is 104 cm³/mol. The maximum Gasteiger partial charge on any atom is 0.240 e. The van der Waals surface area contributed by atoms with Gasteiger partial charge in [0.1, 0.15) is 10.8 Å². The van der Waals surface area contributed by atoms with Gasteiger partial charge in [-0.05, 0) is 37.1 Å². The first-order valence-corrected chi connectivity index (χ1v) is 9.70. The van der Waals surface area contributed by atoms with E-state index in [9.17, 15) is 4.79 Å². The smallest absolute Gasteiger partial charge is 0.240 e. The maximum absolute atomic E-state index is 12.5. The number of ether oxygens (including phenoxy) is 1. The van der Waals surface area contributed by atoms with Crippen LogP contribution in [0.25, 0.3) is 0 Å². The van der Waals surface area contributed by atoms with Crippen LogP contribution < -0.4 is 10.1 Å². The number of benzene rings is 1. The third-order valence-electron chi connectivity index (χ3n) is 4.52. The van der Waals surface area contributed by atoms with Gasteiger partial charge in [-0.3, -0.25) is 15.0 Å². The van der Waals surface area contributed by atoms with E-state index in [1.807, 2.05) is 12.1 Å². The van der Waals surface area contributed by atoms with Crippen LogP contribution in [0, 0.1) is 0 Å². The van der Waals surface area contributed by atoms with Gasteiger partial charge in [-0.1, -0.05) is 44.2 Å². The molecule has 1 aromatic carbocycles. The number of methoxy groups -OCH3 is 1. The molecule has 26 heavy (non-hydrogen) atoms. The Morgan fingerprint density at radius 2 is 2.04 bits per heavy atom. The number of hydrogen-bond donors (Lipinski definition) is 1. The van der Waals surface area contributed by atoms with E-state index in [4.69, 9.17) is 4.74 Å². The fourth-order valence-electron chi connectivity index (χ4n) is 3.14. The van der Waals surface area contributed by atoms with Gasteiger partial charge in [-0.2, -0.15) is 0 Å². The van der Waals surface area contributed by atoms with Gasteiger partial charge in [0.05, 0.1) is 13.7 Å². The van der Waals surface area contributed by atoms with Crippen LogP contribution in [0.4, 0.5) is 5.13 Å². The van der Waals surface area contributed by atoms with Gasteiger partial charge in [0, 0.05) is 11.5 Å². The highest BCUT2D eigenvalue weighted by atomic mass is 32.1. The molecule has 1 amide bonds. The van der Waals surface area contributed by atoms with E-state index < -0.39 is 0 Å². The number of carbonyl (C=O) groups is 1. The summed E-state index contributed by atoms with van der Waals surface area (Å²) in [4.78, 5) is 14.7. The average molecular weight is 375 g/mol. The molecule has 1 unspecified atom stereocenters. The highest BCUT2D eigenvalue weighted by molar-refractivity contribution is 7.15. The quantitative estimate of drug-likeness (QED) is 0.866. The number of carbonyl (C=O) groups excluding carboxylic acids is 1. The summed E-state index contributed by atoms with van der Waals surface area (Å²) >= 11 is 1.44. The van der Waals surface area contributed by atoms with Crippen molar-refractivity contribution in [2.45, 2.75) is 45.1 Å². The molecule has 1 aromatic heterocycles. The lowest BCUT2D eigenvalue weighted by Gasteiger charge is -2.24. The maximum atomic E-state index is 12.5. The zero-order chi connectivity index (χ0) is 18.7. The second-order valence-electron chi connectivity index (χ2n) is 7.61. The Bertz CT molecular complexity index is 752. The monoisotopic (exact) mass is 374 g/mol. The summed E-state index contributed by atoms with van der Waals surface area (Å²) in [6.45, 7) is 7.54. The minimum absolute atomic E-state index is 0.0398. The fourth-order valence-corrected chi connectivity index (χ4v) is 3.96. The van der Waals surface area contributed by atoms with Gasteiger partial charge < -0.3 is 4.74 Å². The van der Waals surface area contributed by atoms with Crippen molar-refractivity contribution in [3.05, 3.63) is 34.8 Å². The first kappa shape index (κ1) is 18.8. The molecule has 3 rings (SSSR count). The van der Waals surface area contributed by atoms with E-state index >= 15 is 0 Å². The number of hydrogen-bond acceptors (Lipinski definition) is 6. The Labute approximate surface area is 158 Å². The van der Waals surface area contributed by atoms with Gasteiger partial charge in [-0.25, -0.2) is 0 Å². The molecule has 6 nitrogen and oxygen atoms in total. The summed E-state index contributed by atoms with van der Waals surface area (Å²) in [7, 11) is 1.67. The SMILES string of the molecule is COc1ccc(C2CCCN2CC(=O)Nc2nnc(C(C)(C)C)s2)cc1. The Kier molecular flexibility index (Phi) is 5.58. The highest BCUT2D eigenvalue weighted by Gasteiger charge is 2.28. The summed E-state index contributed by atoms with van der Waals surface area (Å²) in [5.41, 5.74) is 1.16. The van der Waals surface area contributed by atoms with Crippen LogP contribution in [0.5, 0.6) is 5.75 Å². The summed E-state index contributed by atoms with van der Waals surface area (Å²) < 4.78 is 5.23. The molecule has 0 spiro atoms. The molecule has 1 N–H and O–H groups in total. The summed E-state index contributed by atoms with van der Waals surface area (Å²) in [5, 5.41) is 12.7. The number of rotatable bonds is 5. The summed E-state index contributed by atoms with van der Waals surface area (Å²) in [5.74, 6) is 0.809. The highest BCUT2D eigenvalue weighted by Crippen LogP contribution is 2.33. The second kappa shape index (κ2) is 7.72. The molecule has 0 radical (unpaired) electrons. The second-order valence-corrected chi connectivity index (χ2v) is 8.59. The Morgan fingerprint density at radius 1 is 1.31 bits per heavy atom.